The van der Waals surface area contributed by atoms with Gasteiger partial charge in [0.05, 0.1) is 37.6 Å². The number of aliphatic hydroxyl groups excluding tert-OH is 1. The first-order valence-corrected chi connectivity index (χ1v) is 33.0. The van der Waals surface area contributed by atoms with E-state index in [4.69, 9.17) is 36.3 Å². The molecule has 0 aliphatic carbocycles. The lowest BCUT2D eigenvalue weighted by Crippen LogP contribution is -2.48. The normalized spacial score (nSPS) is 19.4. The lowest BCUT2D eigenvalue weighted by molar-refractivity contribution is -0.150. The van der Waals surface area contributed by atoms with Crippen LogP contribution in [0.25, 0.3) is 10.8 Å². The Bertz CT molecular complexity index is 3370. The predicted molar refractivity (Wildman–Crippen MR) is 347 cm³/mol. The van der Waals surface area contributed by atoms with Crippen LogP contribution in [0.2, 0.25) is 0 Å². The fourth-order valence-electron chi connectivity index (χ4n) is 13.0. The Balaban J connectivity index is 0.791. The molecule has 0 radical (unpaired) electrons. The number of amides is 7. The van der Waals surface area contributed by atoms with Crippen LogP contribution in [0, 0.1) is 11.8 Å². The zero-order valence-corrected chi connectivity index (χ0v) is 53.9. The molecule has 0 bridgehead atoms. The number of unbranched alkanes of at least 4 members (excludes halogenated alkanes) is 5. The molecule has 22 nitrogen and oxygen atoms in total. The molecule has 7 amide bonds. The molecule has 23 heteroatoms. The number of carbonyl (C=O) groups excluding carboxylic acids is 9. The second kappa shape index (κ2) is 32.1. The summed E-state index contributed by atoms with van der Waals surface area (Å²) in [5.41, 5.74) is 8.88. The van der Waals surface area contributed by atoms with E-state index in [2.05, 4.69) is 15.5 Å². The van der Waals surface area contributed by atoms with Gasteiger partial charge in [-0.3, -0.25) is 43.3 Å². The molecule has 6 atom stereocenters. The molecule has 494 valence electrons. The number of fused-ring (bicyclic) bond motifs is 5. The number of hydrogen-bond donors (Lipinski definition) is 4. The number of esters is 1. The number of nitrogens with zero attached hydrogens (tertiary/aromatic N) is 5. The van der Waals surface area contributed by atoms with Gasteiger partial charge < -0.3 is 60.0 Å². The number of anilines is 2. The summed E-state index contributed by atoms with van der Waals surface area (Å²) in [6, 6.07) is 17.9. The molecular weight excluding hydrogens is 1200 g/mol. The number of halogens is 1. The number of rotatable bonds is 30. The maximum Gasteiger partial charge on any atom is 0.415 e. The number of methoxy groups -OCH3 is 1. The smallest absolute Gasteiger partial charge is 0.415 e. The van der Waals surface area contributed by atoms with Crippen molar-refractivity contribution in [1.29, 1.82) is 0 Å². The first kappa shape index (κ1) is 68.4. The third-order valence-corrected chi connectivity index (χ3v) is 18.6. The minimum atomic E-state index is -1.31. The van der Waals surface area contributed by atoms with Gasteiger partial charge in [-0.05, 0) is 124 Å². The fourth-order valence-corrected chi connectivity index (χ4v) is 13.3. The van der Waals surface area contributed by atoms with Gasteiger partial charge in [-0.2, -0.15) is 0 Å². The van der Waals surface area contributed by atoms with E-state index >= 15 is 0 Å². The Kier molecular flexibility index (Phi) is 23.9. The highest BCUT2D eigenvalue weighted by Crippen LogP contribution is 2.47. The quantitative estimate of drug-likeness (QED) is 0.0167. The van der Waals surface area contributed by atoms with Crippen LogP contribution in [0.5, 0.6) is 17.2 Å². The summed E-state index contributed by atoms with van der Waals surface area (Å²) in [7, 11) is 3.48. The highest BCUT2D eigenvalue weighted by Gasteiger charge is 2.47. The van der Waals surface area contributed by atoms with Crippen molar-refractivity contribution in [2.75, 3.05) is 89.2 Å². The first-order valence-electron chi connectivity index (χ1n) is 32.4. The van der Waals surface area contributed by atoms with Crippen molar-refractivity contribution >= 4 is 87.0 Å². The van der Waals surface area contributed by atoms with E-state index in [0.29, 0.717) is 132 Å². The Labute approximate surface area is 542 Å². The monoisotopic (exact) mass is 1290 g/mol. The topological polar surface area (TPSA) is 277 Å². The minimum absolute atomic E-state index is 0.0805. The molecule has 2 fully saturated rings. The van der Waals surface area contributed by atoms with Crippen molar-refractivity contribution in [2.24, 2.45) is 17.6 Å². The molecule has 2 saturated heterocycles. The number of nitrogens with one attached hydrogen (secondary N) is 2. The van der Waals surface area contributed by atoms with Gasteiger partial charge in [-0.15, -0.1) is 11.6 Å². The molecule has 5 N–H and O–H groups in total. The third-order valence-electron chi connectivity index (χ3n) is 18.3. The molecule has 4 aromatic carbocycles. The molecule has 2 unspecified atom stereocenters. The SMILES string of the molecule is COc1cc2c(cc1OCCCCCC(=O)N1C[C@@H](CCl)c3c1cc(OC(=O)N1CCN(C)CC1)c1ccccc31)C(C(=O)OCc1ccc(NC(=O)[C@H](CCCCN)CC(=O)[C@@H](NC(=O)CCCCCN3C(=O)C=CC3=O)C(C)C)cc1)C(O)[C@H]1CCCN1C2=O. The summed E-state index contributed by atoms with van der Waals surface area (Å²) in [6.07, 6.45) is 7.14. The number of ketones is 1. The van der Waals surface area contributed by atoms with Crippen molar-refractivity contribution in [1.82, 2.24) is 24.9 Å². The molecule has 5 aliphatic heterocycles. The summed E-state index contributed by atoms with van der Waals surface area (Å²) in [4.78, 5) is 129. The molecule has 9 rings (SSSR count). The van der Waals surface area contributed by atoms with Gasteiger partial charge in [-0.1, -0.05) is 63.1 Å². The van der Waals surface area contributed by atoms with Gasteiger partial charge in [0.2, 0.25) is 17.7 Å². The molecule has 4 aromatic rings. The van der Waals surface area contributed by atoms with Crippen LogP contribution >= 0.6 is 11.6 Å². The average molecular weight is 1290 g/mol. The van der Waals surface area contributed by atoms with Crippen LogP contribution in [-0.2, 0) is 44.9 Å². The Morgan fingerprint density at radius 3 is 2.23 bits per heavy atom. The lowest BCUT2D eigenvalue weighted by Gasteiger charge is -2.31. The Hall–Kier alpha value is -7.92. The van der Waals surface area contributed by atoms with E-state index < -0.39 is 42.1 Å². The van der Waals surface area contributed by atoms with Gasteiger partial charge in [0.25, 0.3) is 17.7 Å². The number of carbonyl (C=O) groups is 9. The van der Waals surface area contributed by atoms with E-state index in [0.717, 1.165) is 34.3 Å². The highest BCUT2D eigenvalue weighted by molar-refractivity contribution is 6.19. The maximum absolute atomic E-state index is 14.4. The number of nitrogens with two attached hydrogens (primary N) is 1. The summed E-state index contributed by atoms with van der Waals surface area (Å²) < 4.78 is 24.1. The Morgan fingerprint density at radius 2 is 1.52 bits per heavy atom. The van der Waals surface area contributed by atoms with Crippen molar-refractivity contribution in [3.63, 3.8) is 0 Å². The minimum Gasteiger partial charge on any atom is -0.493 e. The van der Waals surface area contributed by atoms with Crippen LogP contribution < -0.4 is 35.5 Å². The zero-order chi connectivity index (χ0) is 65.6. The predicted octanol–water partition coefficient (Wildman–Crippen LogP) is 7.98. The summed E-state index contributed by atoms with van der Waals surface area (Å²) >= 11 is 6.56. The van der Waals surface area contributed by atoms with Crippen LogP contribution in [0.15, 0.2) is 78.9 Å². The molecule has 5 aliphatic rings. The number of imide groups is 1. The molecule has 92 heavy (non-hydrogen) atoms. The van der Waals surface area contributed by atoms with Crippen molar-refractivity contribution in [3.05, 3.63) is 101 Å². The van der Waals surface area contributed by atoms with Crippen LogP contribution in [0.4, 0.5) is 16.2 Å². The standard InChI is InChI=1S/C69H87ClN8O14/c1-43(2)64(73-58(80)20-7-5-13-29-77-60(82)26-27-61(77)83)54(79)36-45(16-11-12-28-71)66(85)72-47-24-22-44(23-25-47)42-91-68(87)63-50-37-57(56(89-4)38-51(50)67(86)76-30-15-19-52(76)65(63)84)90-35-14-6-8-21-59(81)78-41-46(40-70)62-49-18-10-9-17-48(49)55(39-53(62)78)92-69(88)75-33-31-74(3)32-34-75/h9-10,17-18,22-27,37-39,43,45-46,52,63-65,84H,5-8,11-16,19-21,28-36,40-42,71H2,1-4H3,(H,72,85)(H,73,80)/t45-,46-,52-,63?,64+,65?/m1/s1. The molecule has 0 aromatic heterocycles. The number of alkyl halides is 1. The van der Waals surface area contributed by atoms with Gasteiger partial charge in [0.1, 0.15) is 18.3 Å². The van der Waals surface area contributed by atoms with Crippen molar-refractivity contribution in [2.45, 2.75) is 140 Å². The Morgan fingerprint density at radius 1 is 0.804 bits per heavy atom. The lowest BCUT2D eigenvalue weighted by atomic mass is 9.87. The number of likely N-dealkylation sites (N-methyl/N-ethyl adjacent to an activating group) is 1. The number of hydrogen-bond acceptors (Lipinski definition) is 16. The largest absolute Gasteiger partial charge is 0.493 e. The first-order chi connectivity index (χ1) is 44.4. The van der Waals surface area contributed by atoms with E-state index in [-0.39, 0.29) is 115 Å². The average Bonchev–Trinajstić information content (AvgIpc) is 1.57. The number of aliphatic hydroxyl groups is 1. The summed E-state index contributed by atoms with van der Waals surface area (Å²) in [6.45, 7) is 7.74. The summed E-state index contributed by atoms with van der Waals surface area (Å²) in [5, 5.41) is 19.5. The zero-order valence-electron chi connectivity index (χ0n) is 53.2. The van der Waals surface area contributed by atoms with E-state index in [1.165, 1.54) is 19.3 Å². The van der Waals surface area contributed by atoms with Crippen LogP contribution in [0.3, 0.4) is 0 Å². The molecule has 0 spiro atoms. The number of ether oxygens (including phenoxy) is 4. The van der Waals surface area contributed by atoms with Gasteiger partial charge in [-0.25, -0.2) is 4.79 Å². The van der Waals surface area contributed by atoms with Crippen molar-refractivity contribution in [3.8, 4) is 17.2 Å². The fraction of sp³-hybridized carbons (Fsp3) is 0.522. The van der Waals surface area contributed by atoms with Crippen LogP contribution in [0.1, 0.15) is 143 Å². The van der Waals surface area contributed by atoms with Gasteiger partial charge >= 0.3 is 12.1 Å². The van der Waals surface area contributed by atoms with Crippen molar-refractivity contribution < 1.29 is 67.2 Å². The third kappa shape index (κ3) is 16.5. The highest BCUT2D eigenvalue weighted by atomic mass is 35.5. The maximum atomic E-state index is 14.4. The molecule has 0 saturated carbocycles. The summed E-state index contributed by atoms with van der Waals surface area (Å²) in [5.74, 6) is -3.97. The second-order valence-electron chi connectivity index (χ2n) is 25.0. The number of Topliss-reactive ketones (excluding diaryl/α,β-unsaturated/α-hetero) is 1. The van der Waals surface area contributed by atoms with Crippen LogP contribution in [-0.4, -0.2) is 175 Å². The van der Waals surface area contributed by atoms with Gasteiger partial charge in [0.15, 0.2) is 17.3 Å². The number of benzene rings is 4. The second-order valence-corrected chi connectivity index (χ2v) is 25.3. The van der Waals surface area contributed by atoms with Gasteiger partial charge in [0, 0.05) is 118 Å². The van der Waals surface area contributed by atoms with E-state index in [9.17, 15) is 48.3 Å². The molecular formula is C69H87ClN8O14. The van der Waals surface area contributed by atoms with E-state index in [1.54, 1.807) is 57.2 Å². The van der Waals surface area contributed by atoms with E-state index in [1.807, 2.05) is 45.2 Å². The number of piperazine rings is 1. The molecule has 5 heterocycles.